The molecule has 1 unspecified atom stereocenters. The average molecular weight is 525 g/mol. The van der Waals surface area contributed by atoms with Crippen molar-refractivity contribution in [1.29, 1.82) is 0 Å². The van der Waals surface area contributed by atoms with Crippen LogP contribution in [0.1, 0.15) is 36.2 Å². The van der Waals surface area contributed by atoms with Crippen LogP contribution in [0, 0.1) is 0 Å². The van der Waals surface area contributed by atoms with E-state index in [1.807, 2.05) is 36.1 Å². The molecule has 2 fully saturated rings. The van der Waals surface area contributed by atoms with Crippen molar-refractivity contribution in [2.75, 3.05) is 26.2 Å². The molecule has 36 heavy (non-hydrogen) atoms. The molecule has 2 atom stereocenters. The largest absolute Gasteiger partial charge is 0.479 e. The fraction of sp³-hybridized carbons (Fsp3) is 0.385. The van der Waals surface area contributed by atoms with Crippen molar-refractivity contribution in [3.63, 3.8) is 0 Å². The molecular formula is C26H25ClN4O4S. The molecule has 2 saturated heterocycles. The second-order valence-corrected chi connectivity index (χ2v) is 10.9. The Bertz CT molecular complexity index is 1380. The number of halogens is 1. The first-order chi connectivity index (χ1) is 17.4. The Hall–Kier alpha value is -3.01. The molecule has 8 nitrogen and oxygen atoms in total. The summed E-state index contributed by atoms with van der Waals surface area (Å²) in [5.41, 5.74) is 3.40. The molecule has 0 bridgehead atoms. The lowest BCUT2D eigenvalue weighted by atomic mass is 10.0. The lowest BCUT2D eigenvalue weighted by molar-refractivity contribution is -0.141. The predicted molar refractivity (Wildman–Crippen MR) is 137 cm³/mol. The van der Waals surface area contributed by atoms with Crippen LogP contribution in [0.4, 0.5) is 0 Å². The van der Waals surface area contributed by atoms with Gasteiger partial charge in [-0.25, -0.2) is 0 Å². The number of rotatable bonds is 4. The van der Waals surface area contributed by atoms with E-state index in [4.69, 9.17) is 16.3 Å². The number of hydrogen-bond acceptors (Lipinski definition) is 7. The summed E-state index contributed by atoms with van der Waals surface area (Å²) in [6.45, 7) is 4.78. The van der Waals surface area contributed by atoms with E-state index < -0.39 is 6.10 Å². The molecule has 0 radical (unpaired) electrons. The van der Waals surface area contributed by atoms with Gasteiger partial charge in [-0.1, -0.05) is 11.6 Å². The first-order valence-electron chi connectivity index (χ1n) is 12.1. The minimum Gasteiger partial charge on any atom is -0.479 e. The molecule has 6 rings (SSSR count). The van der Waals surface area contributed by atoms with Crippen molar-refractivity contribution in [2.24, 2.45) is 0 Å². The van der Waals surface area contributed by atoms with Crippen LogP contribution in [-0.4, -0.2) is 64.8 Å². The topological polar surface area (TPSA) is 91.8 Å². The Kier molecular flexibility index (Phi) is 5.94. The van der Waals surface area contributed by atoms with Gasteiger partial charge in [-0.05, 0) is 31.2 Å². The lowest BCUT2D eigenvalue weighted by Gasteiger charge is -2.29. The first-order valence-corrected chi connectivity index (χ1v) is 13.3. The summed E-state index contributed by atoms with van der Waals surface area (Å²) in [6, 6.07) is 7.23. The quantitative estimate of drug-likeness (QED) is 0.525. The van der Waals surface area contributed by atoms with Gasteiger partial charge in [0, 0.05) is 78.2 Å². The van der Waals surface area contributed by atoms with Gasteiger partial charge < -0.3 is 15.0 Å². The van der Waals surface area contributed by atoms with E-state index in [9.17, 15) is 14.4 Å². The Labute approximate surface area is 217 Å². The molecule has 10 heteroatoms. The highest BCUT2D eigenvalue weighted by Crippen LogP contribution is 2.45. The second kappa shape index (κ2) is 9.14. The van der Waals surface area contributed by atoms with Gasteiger partial charge in [-0.2, -0.15) is 0 Å². The van der Waals surface area contributed by atoms with Crippen molar-refractivity contribution in [1.82, 2.24) is 20.1 Å². The lowest BCUT2D eigenvalue weighted by Crippen LogP contribution is -2.50. The number of carbonyl (C=O) groups excluding carboxylic acids is 3. The van der Waals surface area contributed by atoms with Crippen LogP contribution in [0.5, 0.6) is 5.75 Å². The third-order valence-corrected chi connectivity index (χ3v) is 8.66. The summed E-state index contributed by atoms with van der Waals surface area (Å²) in [5.74, 6) is 0.397. The van der Waals surface area contributed by atoms with Gasteiger partial charge in [0.2, 0.25) is 11.8 Å². The second-order valence-electron chi connectivity index (χ2n) is 9.38. The molecule has 1 aromatic carbocycles. The number of imide groups is 1. The molecule has 2 aromatic heterocycles. The normalized spacial score (nSPS) is 20.7. The van der Waals surface area contributed by atoms with Crippen molar-refractivity contribution >= 4 is 50.9 Å². The predicted octanol–water partition coefficient (Wildman–Crippen LogP) is 3.56. The molecule has 0 spiro atoms. The molecule has 5 heterocycles. The van der Waals surface area contributed by atoms with Crippen LogP contribution in [0.15, 0.2) is 30.5 Å². The SMILES string of the molecule is CC(c1cc2nccc(-c3cc(Cl)cc4c3O[C@@H](C(=O)N3CCNCC3)C4)c2s1)N1C(=O)CCC1=O. The third-order valence-electron chi connectivity index (χ3n) is 7.11. The molecule has 0 saturated carbocycles. The Morgan fingerprint density at radius 3 is 2.67 bits per heavy atom. The maximum Gasteiger partial charge on any atom is 0.264 e. The number of likely N-dealkylation sites (tertiary alicyclic amines) is 1. The van der Waals surface area contributed by atoms with E-state index in [1.54, 1.807) is 6.20 Å². The van der Waals surface area contributed by atoms with E-state index >= 15 is 0 Å². The van der Waals surface area contributed by atoms with Crippen LogP contribution < -0.4 is 10.1 Å². The first kappa shape index (κ1) is 23.4. The molecule has 3 aliphatic heterocycles. The number of hydrogen-bond donors (Lipinski definition) is 1. The fourth-order valence-electron chi connectivity index (χ4n) is 5.28. The zero-order valence-electron chi connectivity index (χ0n) is 19.8. The van der Waals surface area contributed by atoms with E-state index in [-0.39, 0.29) is 36.6 Å². The van der Waals surface area contributed by atoms with Gasteiger partial charge in [0.05, 0.1) is 16.3 Å². The average Bonchev–Trinajstić information content (AvgIpc) is 3.59. The Morgan fingerprint density at radius 2 is 1.92 bits per heavy atom. The molecule has 0 aliphatic carbocycles. The highest BCUT2D eigenvalue weighted by Gasteiger charge is 2.36. The van der Waals surface area contributed by atoms with Crippen molar-refractivity contribution in [3.8, 4) is 16.9 Å². The van der Waals surface area contributed by atoms with Crippen LogP contribution in [0.2, 0.25) is 5.02 Å². The van der Waals surface area contributed by atoms with Crippen LogP contribution in [0.3, 0.4) is 0 Å². The van der Waals surface area contributed by atoms with Crippen molar-refractivity contribution in [3.05, 3.63) is 45.9 Å². The van der Waals surface area contributed by atoms with Gasteiger partial charge >= 0.3 is 0 Å². The summed E-state index contributed by atoms with van der Waals surface area (Å²) in [6.07, 6.45) is 2.16. The van der Waals surface area contributed by atoms with E-state index in [1.165, 1.54) is 16.2 Å². The van der Waals surface area contributed by atoms with Gasteiger partial charge in [0.25, 0.3) is 5.91 Å². The zero-order valence-corrected chi connectivity index (χ0v) is 21.3. The van der Waals surface area contributed by atoms with Gasteiger partial charge in [-0.3, -0.25) is 24.3 Å². The number of aromatic nitrogens is 1. The van der Waals surface area contributed by atoms with Crippen LogP contribution >= 0.6 is 22.9 Å². The van der Waals surface area contributed by atoms with E-state index in [2.05, 4.69) is 10.3 Å². The van der Waals surface area contributed by atoms with Gasteiger partial charge in [-0.15, -0.1) is 11.3 Å². The maximum atomic E-state index is 13.1. The molecular weight excluding hydrogens is 500 g/mol. The fourth-order valence-corrected chi connectivity index (χ4v) is 6.71. The van der Waals surface area contributed by atoms with E-state index in [0.717, 1.165) is 44.9 Å². The number of nitrogens with zero attached hydrogens (tertiary/aromatic N) is 3. The van der Waals surface area contributed by atoms with Gasteiger partial charge in [0.1, 0.15) is 5.75 Å². The third kappa shape index (κ3) is 3.95. The summed E-state index contributed by atoms with van der Waals surface area (Å²) < 4.78 is 7.21. The summed E-state index contributed by atoms with van der Waals surface area (Å²) in [4.78, 5) is 46.4. The number of thiophene rings is 1. The number of carbonyl (C=O) groups is 3. The molecule has 186 valence electrons. The number of pyridine rings is 1. The highest BCUT2D eigenvalue weighted by atomic mass is 35.5. The molecule has 3 aliphatic rings. The smallest absolute Gasteiger partial charge is 0.264 e. The number of fused-ring (bicyclic) bond motifs is 2. The standard InChI is InChI=1S/C26H25ClN4O4S/c1-14(31-22(32)2-3-23(31)33)21-13-19-25(36-21)17(4-5-29-19)18-12-16(27)10-15-11-20(35-24(15)18)26(34)30-8-6-28-7-9-30/h4-5,10,12-14,20,28H,2-3,6-9,11H2,1H3/t14?,20-/m1/s1. The minimum atomic E-state index is -0.571. The highest BCUT2D eigenvalue weighted by molar-refractivity contribution is 7.19. The number of ether oxygens (including phenoxy) is 1. The van der Waals surface area contributed by atoms with Crippen LogP contribution in [0.25, 0.3) is 21.3 Å². The van der Waals surface area contributed by atoms with Crippen molar-refractivity contribution in [2.45, 2.75) is 38.3 Å². The number of amides is 3. The monoisotopic (exact) mass is 524 g/mol. The van der Waals surface area contributed by atoms with E-state index in [0.29, 0.717) is 30.3 Å². The zero-order chi connectivity index (χ0) is 25.0. The Balaban J connectivity index is 1.36. The summed E-state index contributed by atoms with van der Waals surface area (Å²) >= 11 is 8.04. The molecule has 3 aromatic rings. The molecule has 3 amide bonds. The maximum absolute atomic E-state index is 13.1. The number of piperazine rings is 1. The van der Waals surface area contributed by atoms with Crippen molar-refractivity contribution < 1.29 is 19.1 Å². The minimum absolute atomic E-state index is 0.00169. The number of nitrogens with one attached hydrogen (secondary N) is 1. The summed E-state index contributed by atoms with van der Waals surface area (Å²) in [7, 11) is 0. The Morgan fingerprint density at radius 1 is 1.17 bits per heavy atom. The molecule has 1 N–H and O–H groups in total. The summed E-state index contributed by atoms with van der Waals surface area (Å²) in [5, 5.41) is 3.84. The van der Waals surface area contributed by atoms with Crippen LogP contribution in [-0.2, 0) is 20.8 Å². The van der Waals surface area contributed by atoms with Gasteiger partial charge in [0.15, 0.2) is 6.10 Å². The number of benzene rings is 1.